The molecule has 1 aliphatic heterocycles. The average molecular weight is 277 g/mol. The standard InChI is InChI=1S/C11H10F3NO4/c12-11(13,14)5-1-2-7-10(19-4-18-7)9(5)6(15)3-8(16)17/h1-2,6H,3-4,15H2,(H,16,17). The lowest BCUT2D eigenvalue weighted by Crippen LogP contribution is -2.20. The molecule has 0 fully saturated rings. The van der Waals surface area contributed by atoms with Crippen LogP contribution in [0.5, 0.6) is 11.5 Å². The zero-order valence-electron chi connectivity index (χ0n) is 9.53. The summed E-state index contributed by atoms with van der Waals surface area (Å²) in [6.45, 7) is -0.219. The Morgan fingerprint density at radius 3 is 2.68 bits per heavy atom. The Balaban J connectivity index is 2.54. The summed E-state index contributed by atoms with van der Waals surface area (Å²) >= 11 is 0. The lowest BCUT2D eigenvalue weighted by atomic mass is 9.96. The Morgan fingerprint density at radius 1 is 1.42 bits per heavy atom. The van der Waals surface area contributed by atoms with E-state index < -0.39 is 30.2 Å². The van der Waals surface area contributed by atoms with Gasteiger partial charge in [0.25, 0.3) is 0 Å². The number of carboxylic acid groups (broad SMARTS) is 1. The van der Waals surface area contributed by atoms with Crippen molar-refractivity contribution in [3.8, 4) is 11.5 Å². The maximum Gasteiger partial charge on any atom is 0.416 e. The molecule has 0 bridgehead atoms. The average Bonchev–Trinajstić information content (AvgIpc) is 2.72. The monoisotopic (exact) mass is 277 g/mol. The first-order valence-corrected chi connectivity index (χ1v) is 5.27. The van der Waals surface area contributed by atoms with Crippen LogP contribution in [0.25, 0.3) is 0 Å². The quantitative estimate of drug-likeness (QED) is 0.882. The lowest BCUT2D eigenvalue weighted by Gasteiger charge is -2.18. The third-order valence-corrected chi connectivity index (χ3v) is 2.65. The fraction of sp³-hybridized carbons (Fsp3) is 0.364. The number of carboxylic acids is 1. The molecule has 0 aliphatic carbocycles. The van der Waals surface area contributed by atoms with Crippen LogP contribution < -0.4 is 15.2 Å². The predicted molar refractivity (Wildman–Crippen MR) is 56.7 cm³/mol. The Morgan fingerprint density at radius 2 is 2.11 bits per heavy atom. The first kappa shape index (κ1) is 13.5. The molecular weight excluding hydrogens is 267 g/mol. The van der Waals surface area contributed by atoms with Crippen LogP contribution in [0.2, 0.25) is 0 Å². The van der Waals surface area contributed by atoms with Crippen LogP contribution in [0.3, 0.4) is 0 Å². The van der Waals surface area contributed by atoms with Crippen LogP contribution in [0.15, 0.2) is 12.1 Å². The van der Waals surface area contributed by atoms with Gasteiger partial charge < -0.3 is 20.3 Å². The van der Waals surface area contributed by atoms with Gasteiger partial charge in [-0.3, -0.25) is 4.79 Å². The number of fused-ring (bicyclic) bond motifs is 1. The van der Waals surface area contributed by atoms with Crippen LogP contribution in [-0.2, 0) is 11.0 Å². The summed E-state index contributed by atoms with van der Waals surface area (Å²) in [6, 6.07) is 0.609. The minimum absolute atomic E-state index is 0.129. The number of hydrogen-bond acceptors (Lipinski definition) is 4. The fourth-order valence-corrected chi connectivity index (χ4v) is 1.90. The zero-order valence-corrected chi connectivity index (χ0v) is 9.53. The molecule has 0 saturated carbocycles. The van der Waals surface area contributed by atoms with Gasteiger partial charge in [0.05, 0.1) is 12.0 Å². The molecule has 1 atom stereocenters. The van der Waals surface area contributed by atoms with Crippen LogP contribution >= 0.6 is 0 Å². The van der Waals surface area contributed by atoms with E-state index in [0.29, 0.717) is 0 Å². The molecule has 0 amide bonds. The smallest absolute Gasteiger partial charge is 0.416 e. The van der Waals surface area contributed by atoms with Crippen molar-refractivity contribution in [3.05, 3.63) is 23.3 Å². The number of ether oxygens (including phenoxy) is 2. The highest BCUT2D eigenvalue weighted by atomic mass is 19.4. The van der Waals surface area contributed by atoms with Crippen LogP contribution in [0.4, 0.5) is 13.2 Å². The number of aliphatic carboxylic acids is 1. The van der Waals surface area contributed by atoms with Gasteiger partial charge in [0.15, 0.2) is 11.5 Å². The molecule has 0 saturated heterocycles. The SMILES string of the molecule is NC(CC(=O)O)c1c(C(F)(F)F)ccc2c1OCO2. The minimum atomic E-state index is -4.65. The molecule has 0 radical (unpaired) electrons. The van der Waals surface area contributed by atoms with Crippen molar-refractivity contribution < 1.29 is 32.5 Å². The molecule has 1 heterocycles. The Kier molecular flexibility index (Phi) is 3.27. The van der Waals surface area contributed by atoms with Crippen LogP contribution in [0.1, 0.15) is 23.6 Å². The second-order valence-corrected chi connectivity index (χ2v) is 3.96. The summed E-state index contributed by atoms with van der Waals surface area (Å²) in [7, 11) is 0. The molecule has 5 nitrogen and oxygen atoms in total. The summed E-state index contributed by atoms with van der Waals surface area (Å²) in [4.78, 5) is 10.6. The van der Waals surface area contributed by atoms with E-state index in [1.54, 1.807) is 0 Å². The van der Waals surface area contributed by atoms with E-state index in [0.717, 1.165) is 12.1 Å². The molecule has 0 spiro atoms. The number of hydrogen-bond donors (Lipinski definition) is 2. The summed E-state index contributed by atoms with van der Waals surface area (Å²) in [5.74, 6) is -1.30. The highest BCUT2D eigenvalue weighted by Gasteiger charge is 2.39. The number of halogens is 3. The topological polar surface area (TPSA) is 81.8 Å². The van der Waals surface area contributed by atoms with Gasteiger partial charge in [-0.05, 0) is 12.1 Å². The summed E-state index contributed by atoms with van der Waals surface area (Å²) in [5.41, 5.74) is 4.16. The lowest BCUT2D eigenvalue weighted by molar-refractivity contribution is -0.140. The molecule has 1 aromatic carbocycles. The maximum absolute atomic E-state index is 12.9. The molecule has 0 aromatic heterocycles. The van der Waals surface area contributed by atoms with Crippen LogP contribution in [0, 0.1) is 0 Å². The number of nitrogens with two attached hydrogens (primary N) is 1. The maximum atomic E-state index is 12.9. The molecule has 1 unspecified atom stereocenters. The zero-order chi connectivity index (χ0) is 14.2. The molecular formula is C11H10F3NO4. The van der Waals surface area contributed by atoms with Crippen molar-refractivity contribution in [2.75, 3.05) is 6.79 Å². The third-order valence-electron chi connectivity index (χ3n) is 2.65. The van der Waals surface area contributed by atoms with Crippen molar-refractivity contribution in [2.24, 2.45) is 5.73 Å². The normalized spacial score (nSPS) is 15.4. The van der Waals surface area contributed by atoms with E-state index in [4.69, 9.17) is 20.3 Å². The van der Waals surface area contributed by atoms with E-state index in [-0.39, 0.29) is 23.9 Å². The van der Waals surface area contributed by atoms with Gasteiger partial charge in [0.2, 0.25) is 6.79 Å². The van der Waals surface area contributed by atoms with Crippen molar-refractivity contribution in [1.29, 1.82) is 0 Å². The first-order valence-electron chi connectivity index (χ1n) is 5.27. The number of alkyl halides is 3. The minimum Gasteiger partial charge on any atom is -0.481 e. The Bertz CT molecular complexity index is 515. The van der Waals surface area contributed by atoms with Gasteiger partial charge in [-0.25, -0.2) is 0 Å². The third kappa shape index (κ3) is 2.58. The van der Waals surface area contributed by atoms with Crippen molar-refractivity contribution in [1.82, 2.24) is 0 Å². The first-order chi connectivity index (χ1) is 8.80. The summed E-state index contributed by atoms with van der Waals surface area (Å²) in [5, 5.41) is 8.65. The summed E-state index contributed by atoms with van der Waals surface area (Å²) in [6.07, 6.45) is -5.28. The second-order valence-electron chi connectivity index (χ2n) is 3.96. The highest BCUT2D eigenvalue weighted by Crippen LogP contribution is 2.45. The Labute approximate surface area is 105 Å². The largest absolute Gasteiger partial charge is 0.481 e. The van der Waals surface area contributed by atoms with E-state index in [2.05, 4.69) is 0 Å². The molecule has 1 aliphatic rings. The van der Waals surface area contributed by atoms with E-state index >= 15 is 0 Å². The van der Waals surface area contributed by atoms with Gasteiger partial charge in [-0.1, -0.05) is 0 Å². The number of rotatable bonds is 3. The molecule has 104 valence electrons. The highest BCUT2D eigenvalue weighted by molar-refractivity contribution is 5.69. The van der Waals surface area contributed by atoms with Gasteiger partial charge in [-0.15, -0.1) is 0 Å². The van der Waals surface area contributed by atoms with Gasteiger partial charge >= 0.3 is 12.1 Å². The molecule has 2 rings (SSSR count). The molecule has 3 N–H and O–H groups in total. The van der Waals surface area contributed by atoms with E-state index in [9.17, 15) is 18.0 Å². The predicted octanol–water partition coefficient (Wildman–Crippen LogP) is 1.91. The van der Waals surface area contributed by atoms with Gasteiger partial charge in [0, 0.05) is 11.6 Å². The van der Waals surface area contributed by atoms with Gasteiger partial charge in [-0.2, -0.15) is 13.2 Å². The molecule has 1 aromatic rings. The Hall–Kier alpha value is -1.96. The fourth-order valence-electron chi connectivity index (χ4n) is 1.90. The van der Waals surface area contributed by atoms with Crippen molar-refractivity contribution in [2.45, 2.75) is 18.6 Å². The van der Waals surface area contributed by atoms with Crippen molar-refractivity contribution >= 4 is 5.97 Å². The number of benzene rings is 1. The van der Waals surface area contributed by atoms with Crippen molar-refractivity contribution in [3.63, 3.8) is 0 Å². The summed E-state index contributed by atoms with van der Waals surface area (Å²) < 4.78 is 48.7. The van der Waals surface area contributed by atoms with E-state index in [1.807, 2.05) is 0 Å². The second kappa shape index (κ2) is 4.61. The molecule has 8 heteroatoms. The molecule has 19 heavy (non-hydrogen) atoms. The van der Waals surface area contributed by atoms with Crippen LogP contribution in [-0.4, -0.2) is 17.9 Å². The van der Waals surface area contributed by atoms with E-state index in [1.165, 1.54) is 0 Å². The van der Waals surface area contributed by atoms with Gasteiger partial charge in [0.1, 0.15) is 0 Å². The number of carbonyl (C=O) groups is 1.